The SMILES string of the molecule is NCCN1C(=O)SC(=Cc2cc(Br)c(Br)s2)C1=O. The number of carbonyl (C=O) groups is 2. The minimum Gasteiger partial charge on any atom is -0.329 e. The molecule has 1 aliphatic rings. The van der Waals surface area contributed by atoms with E-state index in [-0.39, 0.29) is 24.2 Å². The Balaban J connectivity index is 2.24. The Morgan fingerprint density at radius 1 is 1.39 bits per heavy atom. The number of hydrogen-bond acceptors (Lipinski definition) is 5. The summed E-state index contributed by atoms with van der Waals surface area (Å²) in [5.41, 5.74) is 5.37. The summed E-state index contributed by atoms with van der Waals surface area (Å²) in [6.07, 6.45) is 1.72. The van der Waals surface area contributed by atoms with Gasteiger partial charge in [0.1, 0.15) is 0 Å². The number of rotatable bonds is 3. The molecule has 1 fully saturated rings. The molecule has 0 aromatic carbocycles. The Kier molecular flexibility index (Phi) is 4.65. The first-order chi connectivity index (χ1) is 8.52. The van der Waals surface area contributed by atoms with Crippen molar-refractivity contribution in [3.63, 3.8) is 0 Å². The third-order valence-corrected chi connectivity index (χ3v) is 6.27. The van der Waals surface area contributed by atoms with Crippen LogP contribution in [0.5, 0.6) is 0 Å². The average molecular weight is 412 g/mol. The lowest BCUT2D eigenvalue weighted by molar-refractivity contribution is -0.122. The molecule has 1 saturated heterocycles. The molecule has 1 aliphatic heterocycles. The quantitative estimate of drug-likeness (QED) is 0.775. The Bertz CT molecular complexity index is 522. The van der Waals surface area contributed by atoms with Crippen LogP contribution in [0.15, 0.2) is 19.2 Å². The lowest BCUT2D eigenvalue weighted by atomic mass is 10.3. The Morgan fingerprint density at radius 3 is 2.67 bits per heavy atom. The maximum Gasteiger partial charge on any atom is 0.293 e. The molecular formula is C10H8Br2N2O2S2. The average Bonchev–Trinajstić information content (AvgIpc) is 2.75. The van der Waals surface area contributed by atoms with E-state index in [1.807, 2.05) is 6.07 Å². The second-order valence-electron chi connectivity index (χ2n) is 3.39. The number of hydrogen-bond donors (Lipinski definition) is 1. The van der Waals surface area contributed by atoms with Crippen molar-refractivity contribution in [3.05, 3.63) is 24.1 Å². The number of amides is 2. The molecule has 2 heterocycles. The third kappa shape index (κ3) is 2.88. The largest absolute Gasteiger partial charge is 0.329 e. The van der Waals surface area contributed by atoms with Crippen molar-refractivity contribution in [2.45, 2.75) is 0 Å². The molecule has 0 saturated carbocycles. The van der Waals surface area contributed by atoms with Crippen LogP contribution in [0.3, 0.4) is 0 Å². The van der Waals surface area contributed by atoms with E-state index >= 15 is 0 Å². The normalized spacial score (nSPS) is 18.2. The van der Waals surface area contributed by atoms with E-state index in [4.69, 9.17) is 5.73 Å². The van der Waals surface area contributed by atoms with E-state index in [9.17, 15) is 9.59 Å². The number of thioether (sulfide) groups is 1. The summed E-state index contributed by atoms with van der Waals surface area (Å²) in [6, 6.07) is 1.89. The number of thiophene rings is 1. The van der Waals surface area contributed by atoms with E-state index < -0.39 is 0 Å². The molecular weight excluding hydrogens is 404 g/mol. The van der Waals surface area contributed by atoms with Gasteiger partial charge in [-0.1, -0.05) is 0 Å². The maximum atomic E-state index is 11.9. The van der Waals surface area contributed by atoms with Gasteiger partial charge in [-0.05, 0) is 55.8 Å². The summed E-state index contributed by atoms with van der Waals surface area (Å²) in [4.78, 5) is 26.1. The maximum absolute atomic E-state index is 11.9. The van der Waals surface area contributed by atoms with E-state index in [0.717, 1.165) is 24.9 Å². The smallest absolute Gasteiger partial charge is 0.293 e. The number of halogens is 2. The van der Waals surface area contributed by atoms with Crippen LogP contribution in [-0.4, -0.2) is 29.1 Å². The van der Waals surface area contributed by atoms with Gasteiger partial charge in [-0.25, -0.2) is 0 Å². The zero-order valence-corrected chi connectivity index (χ0v) is 13.8. The van der Waals surface area contributed by atoms with E-state index in [1.54, 1.807) is 6.08 Å². The Morgan fingerprint density at radius 2 is 2.11 bits per heavy atom. The van der Waals surface area contributed by atoms with Crippen molar-refractivity contribution in [1.82, 2.24) is 4.90 Å². The zero-order chi connectivity index (χ0) is 13.3. The summed E-state index contributed by atoms with van der Waals surface area (Å²) in [6.45, 7) is 0.543. The summed E-state index contributed by atoms with van der Waals surface area (Å²) in [5, 5.41) is -0.258. The number of nitrogens with zero attached hydrogens (tertiary/aromatic N) is 1. The first-order valence-corrected chi connectivity index (χ1v) is 8.15. The fourth-order valence-electron chi connectivity index (χ4n) is 1.39. The molecule has 0 aliphatic carbocycles. The van der Waals surface area contributed by atoms with Gasteiger partial charge in [0, 0.05) is 22.4 Å². The van der Waals surface area contributed by atoms with Gasteiger partial charge in [0.05, 0.1) is 8.69 Å². The minimum absolute atomic E-state index is 0.258. The van der Waals surface area contributed by atoms with Gasteiger partial charge >= 0.3 is 0 Å². The molecule has 96 valence electrons. The van der Waals surface area contributed by atoms with Crippen molar-refractivity contribution < 1.29 is 9.59 Å². The molecule has 1 aromatic rings. The summed E-state index contributed by atoms with van der Waals surface area (Å²) >= 11 is 9.21. The molecule has 0 bridgehead atoms. The monoisotopic (exact) mass is 410 g/mol. The van der Waals surface area contributed by atoms with Gasteiger partial charge in [0.2, 0.25) is 0 Å². The molecule has 0 radical (unpaired) electrons. The zero-order valence-electron chi connectivity index (χ0n) is 8.98. The highest BCUT2D eigenvalue weighted by Gasteiger charge is 2.34. The number of imide groups is 1. The third-order valence-electron chi connectivity index (χ3n) is 2.16. The lowest BCUT2D eigenvalue weighted by Crippen LogP contribution is -2.33. The van der Waals surface area contributed by atoms with Gasteiger partial charge in [0.25, 0.3) is 11.1 Å². The molecule has 2 amide bonds. The van der Waals surface area contributed by atoms with Gasteiger partial charge in [-0.3, -0.25) is 14.5 Å². The van der Waals surface area contributed by atoms with Crippen LogP contribution < -0.4 is 5.73 Å². The highest BCUT2D eigenvalue weighted by molar-refractivity contribution is 9.13. The van der Waals surface area contributed by atoms with E-state index in [0.29, 0.717) is 4.91 Å². The van der Waals surface area contributed by atoms with Gasteiger partial charge < -0.3 is 5.73 Å². The highest BCUT2D eigenvalue weighted by Crippen LogP contribution is 2.37. The molecule has 0 unspecified atom stereocenters. The standard InChI is InChI=1S/C10H8Br2N2O2S2/c11-6-3-5(17-8(6)12)4-7-9(15)14(2-1-13)10(16)18-7/h3-4H,1-2,13H2. The summed E-state index contributed by atoms with van der Waals surface area (Å²) in [5.74, 6) is -0.268. The van der Waals surface area contributed by atoms with Crippen LogP contribution >= 0.6 is 55.0 Å². The molecule has 8 heteroatoms. The van der Waals surface area contributed by atoms with E-state index in [1.165, 1.54) is 16.2 Å². The Hall–Kier alpha value is -0.150. The molecule has 0 spiro atoms. The van der Waals surface area contributed by atoms with Crippen LogP contribution in [0, 0.1) is 0 Å². The van der Waals surface area contributed by atoms with Crippen molar-refractivity contribution in [1.29, 1.82) is 0 Å². The highest BCUT2D eigenvalue weighted by atomic mass is 79.9. The molecule has 0 atom stereocenters. The van der Waals surface area contributed by atoms with Crippen LogP contribution in [0.1, 0.15) is 4.88 Å². The fraction of sp³-hybridized carbons (Fsp3) is 0.200. The van der Waals surface area contributed by atoms with Crippen LogP contribution in [-0.2, 0) is 4.79 Å². The van der Waals surface area contributed by atoms with Gasteiger partial charge in [-0.2, -0.15) is 0 Å². The van der Waals surface area contributed by atoms with E-state index in [2.05, 4.69) is 31.9 Å². The molecule has 1 aromatic heterocycles. The first-order valence-electron chi connectivity index (χ1n) is 4.93. The van der Waals surface area contributed by atoms with Crippen molar-refractivity contribution in [2.24, 2.45) is 5.73 Å². The second-order valence-corrected chi connectivity index (χ2v) is 7.64. The fourth-order valence-corrected chi connectivity index (χ4v) is 4.35. The molecule has 2 N–H and O–H groups in total. The predicted octanol–water partition coefficient (Wildman–Crippen LogP) is 3.27. The topological polar surface area (TPSA) is 63.4 Å². The predicted molar refractivity (Wildman–Crippen MR) is 81.5 cm³/mol. The first kappa shape index (κ1) is 14.3. The minimum atomic E-state index is -0.268. The van der Waals surface area contributed by atoms with Crippen molar-refractivity contribution in [3.8, 4) is 0 Å². The number of nitrogens with two attached hydrogens (primary N) is 1. The van der Waals surface area contributed by atoms with Crippen LogP contribution in [0.4, 0.5) is 4.79 Å². The summed E-state index contributed by atoms with van der Waals surface area (Å²) < 4.78 is 1.88. The second kappa shape index (κ2) is 5.87. The van der Waals surface area contributed by atoms with Gasteiger partial charge in [-0.15, -0.1) is 11.3 Å². The molecule has 18 heavy (non-hydrogen) atoms. The van der Waals surface area contributed by atoms with Crippen molar-refractivity contribution >= 4 is 72.2 Å². The lowest BCUT2D eigenvalue weighted by Gasteiger charge is -2.09. The summed E-state index contributed by atoms with van der Waals surface area (Å²) in [7, 11) is 0. The molecule has 2 rings (SSSR count). The van der Waals surface area contributed by atoms with Gasteiger partial charge in [0.15, 0.2) is 0 Å². The number of carbonyl (C=O) groups excluding carboxylic acids is 2. The molecule has 4 nitrogen and oxygen atoms in total. The van der Waals surface area contributed by atoms with Crippen molar-refractivity contribution in [2.75, 3.05) is 13.1 Å². The Labute approximate surface area is 129 Å². The van der Waals surface area contributed by atoms with Crippen LogP contribution in [0.25, 0.3) is 6.08 Å². The van der Waals surface area contributed by atoms with Crippen LogP contribution in [0.2, 0.25) is 0 Å².